The molecule has 0 spiro atoms. The Morgan fingerprint density at radius 3 is 2.15 bits per heavy atom. The fourth-order valence-electron chi connectivity index (χ4n) is 3.54. The number of nitrogens with two attached hydrogens (primary N) is 1. The molecule has 0 fully saturated rings. The maximum Gasteiger partial charge on any atom is 0.238 e. The summed E-state index contributed by atoms with van der Waals surface area (Å²) in [6.07, 6.45) is 0. The van der Waals surface area contributed by atoms with Crippen LogP contribution < -0.4 is 5.14 Å². The van der Waals surface area contributed by atoms with Gasteiger partial charge in [-0.15, -0.1) is 0 Å². The number of fused-ring (bicyclic) bond motifs is 1. The molecule has 0 amide bonds. The van der Waals surface area contributed by atoms with Crippen molar-refractivity contribution in [1.29, 1.82) is 0 Å². The summed E-state index contributed by atoms with van der Waals surface area (Å²) in [5, 5.41) is 10.5. The van der Waals surface area contributed by atoms with E-state index in [2.05, 4.69) is 10.1 Å². The zero-order valence-electron chi connectivity index (χ0n) is 17.0. The molecule has 0 saturated heterocycles. The molecular formula is C24H16F2N4O2S. The predicted octanol–water partition coefficient (Wildman–Crippen LogP) is 4.68. The van der Waals surface area contributed by atoms with Crippen LogP contribution in [-0.4, -0.2) is 23.2 Å². The molecule has 2 heterocycles. The number of hydrogen-bond donors (Lipinski definition) is 1. The van der Waals surface area contributed by atoms with Gasteiger partial charge in [-0.3, -0.25) is 0 Å². The number of benzene rings is 3. The average Bonchev–Trinajstić information content (AvgIpc) is 3.24. The lowest BCUT2D eigenvalue weighted by molar-refractivity contribution is 0.597. The lowest BCUT2D eigenvalue weighted by Crippen LogP contribution is -2.12. The molecule has 3 aromatic carbocycles. The van der Waals surface area contributed by atoms with Crippen LogP contribution in [0.2, 0.25) is 0 Å². The van der Waals surface area contributed by atoms with Gasteiger partial charge in [-0.25, -0.2) is 32.0 Å². The van der Waals surface area contributed by atoms with Gasteiger partial charge in [-0.2, -0.15) is 5.10 Å². The molecule has 0 aliphatic heterocycles. The Balaban J connectivity index is 1.68. The molecule has 5 aromatic rings. The van der Waals surface area contributed by atoms with Crippen molar-refractivity contribution < 1.29 is 17.2 Å². The summed E-state index contributed by atoms with van der Waals surface area (Å²) in [4.78, 5) is 4.62. The number of primary sulfonamides is 1. The highest BCUT2D eigenvalue weighted by atomic mass is 32.2. The fourth-order valence-corrected chi connectivity index (χ4v) is 4.05. The number of aromatic nitrogens is 3. The van der Waals surface area contributed by atoms with E-state index in [4.69, 9.17) is 5.14 Å². The number of pyridine rings is 1. The molecule has 0 saturated carbocycles. The predicted molar refractivity (Wildman–Crippen MR) is 121 cm³/mol. The third-order valence-electron chi connectivity index (χ3n) is 5.17. The van der Waals surface area contributed by atoms with E-state index in [-0.39, 0.29) is 16.5 Å². The Bertz CT molecular complexity index is 1600. The lowest BCUT2D eigenvalue weighted by atomic mass is 10.1. The monoisotopic (exact) mass is 462 g/mol. The van der Waals surface area contributed by atoms with Crippen LogP contribution in [0.5, 0.6) is 0 Å². The molecule has 164 valence electrons. The molecule has 2 aromatic heterocycles. The Hall–Kier alpha value is -3.95. The van der Waals surface area contributed by atoms with Crippen LogP contribution in [0.1, 0.15) is 0 Å². The lowest BCUT2D eigenvalue weighted by Gasteiger charge is -2.09. The van der Waals surface area contributed by atoms with Crippen LogP contribution >= 0.6 is 0 Å². The Morgan fingerprint density at radius 2 is 1.45 bits per heavy atom. The van der Waals surface area contributed by atoms with Gasteiger partial charge in [0, 0.05) is 10.9 Å². The average molecular weight is 462 g/mol. The van der Waals surface area contributed by atoms with Gasteiger partial charge >= 0.3 is 0 Å². The third-order valence-corrected chi connectivity index (χ3v) is 6.10. The summed E-state index contributed by atoms with van der Waals surface area (Å²) in [6.45, 7) is 0. The summed E-state index contributed by atoms with van der Waals surface area (Å²) in [5.74, 6) is -0.712. The zero-order chi connectivity index (χ0) is 23.2. The van der Waals surface area contributed by atoms with E-state index in [1.165, 1.54) is 36.4 Å². The van der Waals surface area contributed by atoms with Crippen LogP contribution in [0, 0.1) is 11.6 Å². The van der Waals surface area contributed by atoms with Gasteiger partial charge in [-0.05, 0) is 78.9 Å². The summed E-state index contributed by atoms with van der Waals surface area (Å²) in [7, 11) is -3.84. The van der Waals surface area contributed by atoms with Crippen LogP contribution in [0.25, 0.3) is 39.2 Å². The molecule has 33 heavy (non-hydrogen) atoms. The van der Waals surface area contributed by atoms with Crippen molar-refractivity contribution in [3.8, 4) is 28.3 Å². The first-order chi connectivity index (χ1) is 15.8. The van der Waals surface area contributed by atoms with Gasteiger partial charge in [0.1, 0.15) is 11.6 Å². The summed E-state index contributed by atoms with van der Waals surface area (Å²) >= 11 is 0. The number of hydrogen-bond acceptors (Lipinski definition) is 4. The molecule has 6 nitrogen and oxygen atoms in total. The van der Waals surface area contributed by atoms with Gasteiger partial charge in [0.2, 0.25) is 10.0 Å². The Morgan fingerprint density at radius 1 is 0.758 bits per heavy atom. The Labute approximate surface area is 188 Å². The van der Waals surface area contributed by atoms with E-state index in [9.17, 15) is 17.2 Å². The van der Waals surface area contributed by atoms with Crippen molar-refractivity contribution in [1.82, 2.24) is 14.8 Å². The number of rotatable bonds is 4. The minimum atomic E-state index is -3.84. The topological polar surface area (TPSA) is 90.9 Å². The maximum absolute atomic E-state index is 13.6. The zero-order valence-corrected chi connectivity index (χ0v) is 17.8. The van der Waals surface area contributed by atoms with Gasteiger partial charge in [-0.1, -0.05) is 6.07 Å². The van der Waals surface area contributed by atoms with Gasteiger partial charge in [0.05, 0.1) is 33.2 Å². The van der Waals surface area contributed by atoms with Crippen LogP contribution in [-0.2, 0) is 10.0 Å². The first kappa shape index (κ1) is 20.9. The standard InChI is InChI=1S/C24H16F2N4O2S/c25-17-4-1-15(2-5-17)23-14-24(22-11-3-16-13-18(26)6-12-21(16)28-22)30(29-23)19-7-9-20(10-8-19)33(27,31)32/h1-14H,(H2,27,31,32). The van der Waals surface area contributed by atoms with E-state index in [0.717, 1.165) is 0 Å². The molecule has 0 aliphatic carbocycles. The summed E-state index contributed by atoms with van der Waals surface area (Å²) in [6, 6.07) is 21.5. The SMILES string of the molecule is NS(=O)(=O)c1ccc(-n2nc(-c3ccc(F)cc3)cc2-c2ccc3cc(F)ccc3n2)cc1. The molecule has 0 atom stereocenters. The second kappa shape index (κ2) is 7.88. The van der Waals surface area contributed by atoms with E-state index in [1.807, 2.05) is 0 Å². The van der Waals surface area contributed by atoms with E-state index in [1.54, 1.807) is 53.2 Å². The molecule has 0 radical (unpaired) electrons. The van der Waals surface area contributed by atoms with Crippen molar-refractivity contribution >= 4 is 20.9 Å². The summed E-state index contributed by atoms with van der Waals surface area (Å²) in [5.41, 5.74) is 3.64. The number of nitrogens with zero attached hydrogens (tertiary/aromatic N) is 3. The van der Waals surface area contributed by atoms with E-state index in [0.29, 0.717) is 39.2 Å². The van der Waals surface area contributed by atoms with Crippen molar-refractivity contribution in [2.75, 3.05) is 0 Å². The maximum atomic E-state index is 13.6. The first-order valence-electron chi connectivity index (χ1n) is 9.84. The highest BCUT2D eigenvalue weighted by molar-refractivity contribution is 7.89. The minimum Gasteiger partial charge on any atom is -0.246 e. The molecular weight excluding hydrogens is 446 g/mol. The van der Waals surface area contributed by atoms with Crippen molar-refractivity contribution in [3.05, 3.63) is 96.6 Å². The number of sulfonamides is 1. The largest absolute Gasteiger partial charge is 0.246 e. The molecule has 2 N–H and O–H groups in total. The second-order valence-corrected chi connectivity index (χ2v) is 8.97. The highest BCUT2D eigenvalue weighted by Crippen LogP contribution is 2.29. The minimum absolute atomic E-state index is 0.0235. The van der Waals surface area contributed by atoms with E-state index < -0.39 is 10.0 Å². The van der Waals surface area contributed by atoms with Crippen LogP contribution in [0.4, 0.5) is 8.78 Å². The van der Waals surface area contributed by atoms with Crippen molar-refractivity contribution in [2.45, 2.75) is 4.90 Å². The molecule has 0 bridgehead atoms. The molecule has 0 aliphatic rings. The molecule has 0 unspecified atom stereocenters. The smallest absolute Gasteiger partial charge is 0.238 e. The quantitative estimate of drug-likeness (QED) is 0.420. The van der Waals surface area contributed by atoms with Crippen LogP contribution in [0.3, 0.4) is 0 Å². The normalized spacial score (nSPS) is 11.7. The first-order valence-corrected chi connectivity index (χ1v) is 11.4. The highest BCUT2D eigenvalue weighted by Gasteiger charge is 2.16. The Kier molecular flexibility index (Phi) is 4.99. The molecule has 5 rings (SSSR count). The van der Waals surface area contributed by atoms with Crippen LogP contribution in [0.15, 0.2) is 89.8 Å². The van der Waals surface area contributed by atoms with Crippen molar-refractivity contribution in [3.63, 3.8) is 0 Å². The van der Waals surface area contributed by atoms with Gasteiger partial charge in [0.25, 0.3) is 0 Å². The van der Waals surface area contributed by atoms with Gasteiger partial charge < -0.3 is 0 Å². The summed E-state index contributed by atoms with van der Waals surface area (Å²) < 4.78 is 51.8. The molecule has 9 heteroatoms. The van der Waals surface area contributed by atoms with E-state index >= 15 is 0 Å². The van der Waals surface area contributed by atoms with Gasteiger partial charge in [0.15, 0.2) is 0 Å². The fraction of sp³-hybridized carbons (Fsp3) is 0. The second-order valence-electron chi connectivity index (χ2n) is 7.41. The van der Waals surface area contributed by atoms with Crippen molar-refractivity contribution in [2.24, 2.45) is 5.14 Å². The number of halogens is 2. The third kappa shape index (κ3) is 4.11.